The van der Waals surface area contributed by atoms with Gasteiger partial charge >= 0.3 is 5.97 Å². The minimum atomic E-state index is -0.839. The van der Waals surface area contributed by atoms with Gasteiger partial charge in [-0.05, 0) is 49.2 Å². The van der Waals surface area contributed by atoms with Gasteiger partial charge in [0, 0.05) is 6.54 Å². The number of aromatic nitrogens is 2. The van der Waals surface area contributed by atoms with Crippen molar-refractivity contribution in [3.05, 3.63) is 76.3 Å². The normalized spacial score (nSPS) is 10.8. The zero-order valence-corrected chi connectivity index (χ0v) is 19.6. The van der Waals surface area contributed by atoms with Crippen molar-refractivity contribution < 1.29 is 23.5 Å². The Morgan fingerprint density at radius 2 is 1.79 bits per heavy atom. The predicted molar refractivity (Wildman–Crippen MR) is 126 cm³/mol. The van der Waals surface area contributed by atoms with Crippen molar-refractivity contribution in [3.63, 3.8) is 0 Å². The summed E-state index contributed by atoms with van der Waals surface area (Å²) in [5.74, 6) is -1.94. The van der Waals surface area contributed by atoms with E-state index in [1.807, 2.05) is 13.8 Å². The summed E-state index contributed by atoms with van der Waals surface area (Å²) in [5, 5.41) is 9.56. The van der Waals surface area contributed by atoms with Crippen LogP contribution in [0.3, 0.4) is 0 Å². The molecule has 10 heteroatoms. The summed E-state index contributed by atoms with van der Waals surface area (Å²) in [7, 11) is 0. The summed E-state index contributed by atoms with van der Waals surface area (Å²) < 4.78 is 19.6. The molecule has 8 nitrogen and oxygen atoms in total. The summed E-state index contributed by atoms with van der Waals surface area (Å²) in [6.07, 6.45) is 0. The van der Waals surface area contributed by atoms with Crippen molar-refractivity contribution in [1.29, 1.82) is 0 Å². The number of nitrogens with zero attached hydrogens (tertiary/aromatic N) is 2. The molecular weight excluding hydrogens is 463 g/mol. The molecule has 0 saturated heterocycles. The van der Waals surface area contributed by atoms with Crippen LogP contribution in [-0.4, -0.2) is 40.7 Å². The number of aryl methyl sites for hydroxylation is 1. The molecule has 178 valence electrons. The Morgan fingerprint density at radius 1 is 1.12 bits per heavy atom. The summed E-state index contributed by atoms with van der Waals surface area (Å²) in [4.78, 5) is 37.4. The topological polar surface area (TPSA) is 102 Å². The fourth-order valence-electron chi connectivity index (χ4n) is 3.06. The van der Waals surface area contributed by atoms with E-state index in [1.54, 1.807) is 31.2 Å². The van der Waals surface area contributed by atoms with Gasteiger partial charge in [0.25, 0.3) is 11.8 Å². The number of esters is 1. The number of ether oxygens (including phenoxy) is 1. The first-order valence-corrected chi connectivity index (χ1v) is 10.9. The maximum atomic E-state index is 13.2. The second kappa shape index (κ2) is 10.9. The highest BCUT2D eigenvalue weighted by Crippen LogP contribution is 2.24. The number of para-hydroxylation sites is 1. The van der Waals surface area contributed by atoms with Crippen LogP contribution in [0.1, 0.15) is 40.3 Å². The van der Waals surface area contributed by atoms with Crippen LogP contribution in [0, 0.1) is 18.7 Å². The van der Waals surface area contributed by atoms with Crippen molar-refractivity contribution in [2.24, 2.45) is 5.92 Å². The van der Waals surface area contributed by atoms with Gasteiger partial charge in [0.2, 0.25) is 0 Å². The molecule has 0 spiro atoms. The minimum Gasteiger partial charge on any atom is -0.452 e. The predicted octanol–water partition coefficient (Wildman–Crippen LogP) is 4.15. The van der Waals surface area contributed by atoms with Crippen LogP contribution in [0.5, 0.6) is 0 Å². The van der Waals surface area contributed by atoms with E-state index in [9.17, 15) is 18.8 Å². The second-order valence-corrected chi connectivity index (χ2v) is 8.27. The molecule has 0 radical (unpaired) electrons. The molecule has 1 aromatic heterocycles. The number of carbonyl (C=O) groups excluding carboxylic acids is 3. The number of rotatable bonds is 8. The maximum Gasteiger partial charge on any atom is 0.343 e. The first kappa shape index (κ1) is 24.9. The Labute approximate surface area is 201 Å². The Morgan fingerprint density at radius 3 is 2.47 bits per heavy atom. The third-order valence-corrected chi connectivity index (χ3v) is 5.08. The summed E-state index contributed by atoms with van der Waals surface area (Å²) in [6.45, 7) is 5.40. The van der Waals surface area contributed by atoms with Crippen molar-refractivity contribution in [1.82, 2.24) is 15.1 Å². The average molecular weight is 487 g/mol. The number of halogens is 2. The minimum absolute atomic E-state index is 0.00717. The van der Waals surface area contributed by atoms with E-state index in [0.29, 0.717) is 23.5 Å². The highest BCUT2D eigenvalue weighted by molar-refractivity contribution is 6.33. The van der Waals surface area contributed by atoms with E-state index in [4.69, 9.17) is 16.3 Å². The molecule has 0 bridgehead atoms. The van der Waals surface area contributed by atoms with E-state index in [-0.39, 0.29) is 28.2 Å². The highest BCUT2D eigenvalue weighted by atomic mass is 35.5. The number of hydrogen-bond donors (Lipinski definition) is 2. The first-order valence-electron chi connectivity index (χ1n) is 10.5. The van der Waals surface area contributed by atoms with E-state index >= 15 is 0 Å². The van der Waals surface area contributed by atoms with E-state index in [2.05, 4.69) is 15.7 Å². The summed E-state index contributed by atoms with van der Waals surface area (Å²) in [6, 6.07) is 11.9. The molecule has 3 aromatic rings. The van der Waals surface area contributed by atoms with Gasteiger partial charge in [-0.3, -0.25) is 9.59 Å². The largest absolute Gasteiger partial charge is 0.452 e. The lowest BCUT2D eigenvalue weighted by Gasteiger charge is -2.12. The Kier molecular flexibility index (Phi) is 8.01. The lowest BCUT2D eigenvalue weighted by molar-refractivity contribution is -0.119. The Hall–Kier alpha value is -3.72. The van der Waals surface area contributed by atoms with E-state index in [0.717, 1.165) is 0 Å². The SMILES string of the molecule is Cc1nn(-c2ccc(F)cc2)c(Cl)c1C(=O)OCC(=O)Nc1ccccc1C(=O)NCC(C)C. The lowest BCUT2D eigenvalue weighted by Crippen LogP contribution is -2.29. The third-order valence-electron chi connectivity index (χ3n) is 4.73. The van der Waals surface area contributed by atoms with Gasteiger partial charge in [-0.25, -0.2) is 13.9 Å². The second-order valence-electron chi connectivity index (χ2n) is 7.91. The molecule has 0 aliphatic rings. The third kappa shape index (κ3) is 5.99. The van der Waals surface area contributed by atoms with E-state index in [1.165, 1.54) is 28.9 Å². The molecular formula is C24H24ClFN4O4. The van der Waals surface area contributed by atoms with Gasteiger partial charge in [0.05, 0.1) is 22.6 Å². The van der Waals surface area contributed by atoms with Crippen LogP contribution in [0.2, 0.25) is 5.15 Å². The lowest BCUT2D eigenvalue weighted by atomic mass is 10.1. The summed E-state index contributed by atoms with van der Waals surface area (Å²) >= 11 is 6.31. The van der Waals surface area contributed by atoms with Crippen LogP contribution in [-0.2, 0) is 9.53 Å². The van der Waals surface area contributed by atoms with Crippen LogP contribution in [0.4, 0.5) is 10.1 Å². The molecule has 0 unspecified atom stereocenters. The molecule has 2 aromatic carbocycles. The number of carbonyl (C=O) groups is 3. The highest BCUT2D eigenvalue weighted by Gasteiger charge is 2.23. The maximum absolute atomic E-state index is 13.2. The van der Waals surface area contributed by atoms with Crippen molar-refractivity contribution in [2.45, 2.75) is 20.8 Å². The smallest absolute Gasteiger partial charge is 0.343 e. The van der Waals surface area contributed by atoms with Crippen LogP contribution in [0.15, 0.2) is 48.5 Å². The van der Waals surface area contributed by atoms with Crippen molar-refractivity contribution in [2.75, 3.05) is 18.5 Å². The number of hydrogen-bond acceptors (Lipinski definition) is 5. The zero-order chi connectivity index (χ0) is 24.8. The number of amides is 2. The van der Waals surface area contributed by atoms with Gasteiger partial charge in [0.1, 0.15) is 16.5 Å². The van der Waals surface area contributed by atoms with Gasteiger partial charge < -0.3 is 15.4 Å². The standard InChI is InChI=1S/C24H24ClFN4O4/c1-14(2)12-27-23(32)18-6-4-5-7-19(18)28-20(31)13-34-24(33)21-15(3)29-30(22(21)25)17-10-8-16(26)9-11-17/h4-11,14H,12-13H2,1-3H3,(H,27,32)(H,28,31). The van der Waals surface area contributed by atoms with Crippen LogP contribution in [0.25, 0.3) is 5.69 Å². The monoisotopic (exact) mass is 486 g/mol. The molecule has 34 heavy (non-hydrogen) atoms. The van der Waals surface area contributed by atoms with Crippen molar-refractivity contribution >= 4 is 35.1 Å². The average Bonchev–Trinajstić information content (AvgIpc) is 3.10. The molecule has 1 heterocycles. The molecule has 0 fully saturated rings. The molecule has 3 rings (SSSR count). The van der Waals surface area contributed by atoms with Crippen LogP contribution < -0.4 is 10.6 Å². The van der Waals surface area contributed by atoms with E-state index < -0.39 is 24.3 Å². The molecule has 2 N–H and O–H groups in total. The fraction of sp³-hybridized carbons (Fsp3) is 0.250. The van der Waals surface area contributed by atoms with Gasteiger partial charge in [-0.2, -0.15) is 5.10 Å². The molecule has 0 atom stereocenters. The van der Waals surface area contributed by atoms with Crippen molar-refractivity contribution in [3.8, 4) is 5.69 Å². The quantitative estimate of drug-likeness (QED) is 0.465. The Bertz CT molecular complexity index is 1210. The van der Waals surface area contributed by atoms with Gasteiger partial charge in [0.15, 0.2) is 6.61 Å². The molecule has 2 amide bonds. The number of benzene rings is 2. The fourth-order valence-corrected chi connectivity index (χ4v) is 3.41. The molecule has 0 aliphatic carbocycles. The summed E-state index contributed by atoms with van der Waals surface area (Å²) in [5.41, 5.74) is 1.32. The first-order chi connectivity index (χ1) is 16.2. The molecule has 0 saturated carbocycles. The molecule has 0 aliphatic heterocycles. The van der Waals surface area contributed by atoms with Gasteiger partial charge in [-0.15, -0.1) is 0 Å². The zero-order valence-electron chi connectivity index (χ0n) is 18.9. The number of nitrogens with one attached hydrogen (secondary N) is 2. The van der Waals surface area contributed by atoms with Crippen LogP contribution >= 0.6 is 11.6 Å². The Balaban J connectivity index is 1.66. The van der Waals surface area contributed by atoms with Gasteiger partial charge in [-0.1, -0.05) is 37.6 Å². The number of anilines is 1.